The molecule has 140 valence electrons. The second-order valence-corrected chi connectivity index (χ2v) is 10.3. The average Bonchev–Trinajstić information content (AvgIpc) is 2.94. The summed E-state index contributed by atoms with van der Waals surface area (Å²) in [6.45, 7) is 0. The van der Waals surface area contributed by atoms with Gasteiger partial charge in [-0.1, -0.05) is 36.4 Å². The Labute approximate surface area is 164 Å². The van der Waals surface area contributed by atoms with Gasteiger partial charge < -0.3 is 0 Å². The zero-order chi connectivity index (χ0) is 18.4. The van der Waals surface area contributed by atoms with Gasteiger partial charge in [0.25, 0.3) is 0 Å². The lowest BCUT2D eigenvalue weighted by Crippen LogP contribution is -2.15. The molecule has 1 aliphatic rings. The van der Waals surface area contributed by atoms with Crippen molar-refractivity contribution in [3.8, 4) is 11.1 Å². The van der Waals surface area contributed by atoms with E-state index >= 15 is 0 Å². The van der Waals surface area contributed by atoms with Crippen LogP contribution in [0.25, 0.3) is 11.1 Å². The summed E-state index contributed by atoms with van der Waals surface area (Å²) in [6.07, 6.45) is 3.28. The number of hydrogen-bond donors (Lipinski definition) is 0. The van der Waals surface area contributed by atoms with E-state index in [-0.39, 0.29) is 22.2 Å². The van der Waals surface area contributed by atoms with Crippen LogP contribution in [0.2, 0.25) is 0 Å². The molecule has 4 rings (SSSR count). The van der Waals surface area contributed by atoms with E-state index in [2.05, 4.69) is 4.98 Å². The molecule has 8 heteroatoms. The lowest BCUT2D eigenvalue weighted by Gasteiger charge is -2.12. The zero-order valence-electron chi connectivity index (χ0n) is 14.0. The van der Waals surface area contributed by atoms with Crippen LogP contribution in [0.5, 0.6) is 0 Å². The van der Waals surface area contributed by atoms with E-state index in [0.29, 0.717) is 11.1 Å². The van der Waals surface area contributed by atoms with Gasteiger partial charge in [0.2, 0.25) is 0 Å². The lowest BCUT2D eigenvalue weighted by molar-refractivity contribution is 0.582. The first-order valence-corrected chi connectivity index (χ1v) is 11.2. The predicted octanol–water partition coefficient (Wildman–Crippen LogP) is 3.47. The Morgan fingerprint density at radius 1 is 0.926 bits per heavy atom. The fraction of sp³-hybridized carbons (Fsp3) is 0.105. The monoisotopic (exact) mass is 421 g/mol. The van der Waals surface area contributed by atoms with Gasteiger partial charge >= 0.3 is 0 Å². The maximum absolute atomic E-state index is 13.0. The zero-order valence-corrected chi connectivity index (χ0v) is 16.5. The number of halogens is 1. The first-order valence-electron chi connectivity index (χ1n) is 7.96. The Hall–Kier alpha value is -2.22. The summed E-state index contributed by atoms with van der Waals surface area (Å²) in [5.74, 6) is -0.434. The molecule has 1 unspecified atom stereocenters. The normalized spacial score (nSPS) is 17.7. The number of hydrogen-bond acceptors (Lipinski definition) is 5. The number of aromatic nitrogens is 1. The van der Waals surface area contributed by atoms with Crippen LogP contribution in [0.1, 0.15) is 10.8 Å². The topological polar surface area (TPSA) is 81.2 Å². The Balaban J connectivity index is 0.00000210. The largest absolute Gasteiger partial charge is 0.264 e. The lowest BCUT2D eigenvalue weighted by atomic mass is 10.0. The molecule has 0 N–H and O–H groups in total. The van der Waals surface area contributed by atoms with Crippen LogP contribution in [0.3, 0.4) is 0 Å². The van der Waals surface area contributed by atoms with Crippen molar-refractivity contribution >= 4 is 32.1 Å². The van der Waals surface area contributed by atoms with Gasteiger partial charge in [-0.15, -0.1) is 12.4 Å². The molecule has 0 aliphatic carbocycles. The minimum atomic E-state index is -3.79. The molecule has 5 nitrogen and oxygen atoms in total. The van der Waals surface area contributed by atoms with E-state index in [9.17, 15) is 16.8 Å². The van der Waals surface area contributed by atoms with E-state index in [1.807, 2.05) is 6.07 Å². The van der Waals surface area contributed by atoms with Gasteiger partial charge in [-0.25, -0.2) is 16.8 Å². The fourth-order valence-electron chi connectivity index (χ4n) is 3.19. The Bertz CT molecular complexity index is 1180. The molecule has 0 saturated carbocycles. The molecule has 1 atom stereocenters. The third-order valence-electron chi connectivity index (χ3n) is 4.51. The van der Waals surface area contributed by atoms with Crippen molar-refractivity contribution in [3.05, 3.63) is 78.6 Å². The molecule has 0 bridgehead atoms. The third-order valence-corrected chi connectivity index (χ3v) is 8.61. The SMILES string of the molecule is Cl.O=S1(=O)CC(S(=O)(=O)c2ccccc2)c2ccc(-c3cccnc3)cc21. The Kier molecular flexibility index (Phi) is 5.12. The van der Waals surface area contributed by atoms with Crippen LogP contribution in [-0.2, 0) is 19.7 Å². The molecule has 0 amide bonds. The molecule has 1 aromatic heterocycles. The van der Waals surface area contributed by atoms with Crippen molar-refractivity contribution in [2.45, 2.75) is 15.0 Å². The Morgan fingerprint density at radius 3 is 2.33 bits per heavy atom. The highest BCUT2D eigenvalue weighted by Gasteiger charge is 2.43. The molecule has 0 spiro atoms. The molecular weight excluding hydrogens is 406 g/mol. The highest BCUT2D eigenvalue weighted by atomic mass is 35.5. The third kappa shape index (κ3) is 3.38. The van der Waals surface area contributed by atoms with Gasteiger partial charge in [0.05, 0.1) is 15.5 Å². The van der Waals surface area contributed by atoms with Crippen molar-refractivity contribution in [1.29, 1.82) is 0 Å². The molecular formula is C19H16ClNO4S2. The number of sulfone groups is 2. The quantitative estimate of drug-likeness (QED) is 0.646. The van der Waals surface area contributed by atoms with Crippen LogP contribution in [0.15, 0.2) is 82.8 Å². The number of benzene rings is 2. The second-order valence-electron chi connectivity index (χ2n) is 6.12. The van der Waals surface area contributed by atoms with Crippen LogP contribution in [0, 0.1) is 0 Å². The van der Waals surface area contributed by atoms with E-state index in [1.54, 1.807) is 54.9 Å². The summed E-state index contributed by atoms with van der Waals surface area (Å²) in [6, 6.07) is 16.4. The van der Waals surface area contributed by atoms with Crippen LogP contribution in [-0.4, -0.2) is 27.6 Å². The number of pyridine rings is 1. The molecule has 27 heavy (non-hydrogen) atoms. The van der Waals surface area contributed by atoms with Crippen molar-refractivity contribution < 1.29 is 16.8 Å². The summed E-state index contributed by atoms with van der Waals surface area (Å²) in [5, 5.41) is -1.09. The fourth-order valence-corrected chi connectivity index (χ4v) is 7.56. The van der Waals surface area contributed by atoms with Gasteiger partial charge in [-0.2, -0.15) is 0 Å². The predicted molar refractivity (Wildman–Crippen MR) is 105 cm³/mol. The number of fused-ring (bicyclic) bond motifs is 1. The molecule has 0 fully saturated rings. The highest BCUT2D eigenvalue weighted by Crippen LogP contribution is 2.42. The summed E-state index contributed by atoms with van der Waals surface area (Å²) in [7, 11) is -7.47. The van der Waals surface area contributed by atoms with E-state index in [4.69, 9.17) is 0 Å². The average molecular weight is 422 g/mol. The molecule has 0 radical (unpaired) electrons. The van der Waals surface area contributed by atoms with Gasteiger partial charge in [0.15, 0.2) is 19.7 Å². The van der Waals surface area contributed by atoms with Crippen LogP contribution >= 0.6 is 12.4 Å². The second kappa shape index (κ2) is 7.07. The molecule has 3 aromatic rings. The number of rotatable bonds is 3. The van der Waals surface area contributed by atoms with Crippen molar-refractivity contribution in [2.24, 2.45) is 0 Å². The van der Waals surface area contributed by atoms with Gasteiger partial charge in [0, 0.05) is 18.0 Å². The molecule has 2 heterocycles. The first-order chi connectivity index (χ1) is 12.4. The van der Waals surface area contributed by atoms with Crippen molar-refractivity contribution in [2.75, 3.05) is 5.75 Å². The standard InChI is InChI=1S/C19H15NO4S2.ClH/c21-25(22)13-19(26(23,24)16-6-2-1-3-7-16)17-9-8-14(11-18(17)25)15-5-4-10-20-12-15;/h1-12,19H,13H2;1H. The summed E-state index contributed by atoms with van der Waals surface area (Å²) < 4.78 is 51.2. The van der Waals surface area contributed by atoms with Crippen LogP contribution in [0.4, 0.5) is 0 Å². The summed E-state index contributed by atoms with van der Waals surface area (Å²) in [5.41, 5.74) is 1.81. The van der Waals surface area contributed by atoms with Crippen molar-refractivity contribution in [3.63, 3.8) is 0 Å². The summed E-state index contributed by atoms with van der Waals surface area (Å²) >= 11 is 0. The van der Waals surface area contributed by atoms with E-state index in [1.165, 1.54) is 12.1 Å². The Morgan fingerprint density at radius 2 is 1.67 bits per heavy atom. The molecule has 2 aromatic carbocycles. The maximum Gasteiger partial charge on any atom is 0.186 e. The smallest absolute Gasteiger partial charge is 0.186 e. The minimum absolute atomic E-state index is 0. The minimum Gasteiger partial charge on any atom is -0.264 e. The van der Waals surface area contributed by atoms with Gasteiger partial charge in [0.1, 0.15) is 5.25 Å². The molecule has 0 saturated heterocycles. The van der Waals surface area contributed by atoms with E-state index < -0.39 is 30.7 Å². The van der Waals surface area contributed by atoms with Gasteiger partial charge in [-0.3, -0.25) is 4.98 Å². The van der Waals surface area contributed by atoms with Crippen molar-refractivity contribution in [1.82, 2.24) is 4.98 Å². The highest BCUT2D eigenvalue weighted by molar-refractivity contribution is 7.96. The number of nitrogens with zero attached hydrogens (tertiary/aromatic N) is 1. The van der Waals surface area contributed by atoms with E-state index in [0.717, 1.165) is 5.56 Å². The molecule has 1 aliphatic heterocycles. The van der Waals surface area contributed by atoms with Crippen LogP contribution < -0.4 is 0 Å². The first kappa shape index (κ1) is 19.5. The maximum atomic E-state index is 13.0. The van der Waals surface area contributed by atoms with Gasteiger partial charge in [-0.05, 0) is 35.4 Å². The summed E-state index contributed by atoms with van der Waals surface area (Å²) in [4.78, 5) is 4.26.